The Labute approximate surface area is 120 Å². The molecule has 0 bridgehead atoms. The van der Waals surface area contributed by atoms with Gasteiger partial charge in [-0.3, -0.25) is 10.1 Å². The van der Waals surface area contributed by atoms with Crippen molar-refractivity contribution >= 4 is 17.9 Å². The molecule has 2 N–H and O–H groups in total. The van der Waals surface area contributed by atoms with Crippen LogP contribution in [0.15, 0.2) is 35.3 Å². The number of fused-ring (bicyclic) bond motifs is 1. The molecule has 0 saturated carbocycles. The van der Waals surface area contributed by atoms with Crippen LogP contribution in [0, 0.1) is 4.77 Å². The second-order valence-corrected chi connectivity index (χ2v) is 4.66. The van der Waals surface area contributed by atoms with Crippen LogP contribution in [0.25, 0.3) is 16.8 Å². The topological polar surface area (TPSA) is 66.0 Å². The number of hydrogen-bond acceptors (Lipinski definition) is 3. The molecule has 108 valence electrons. The van der Waals surface area contributed by atoms with Crippen LogP contribution in [0.2, 0.25) is 0 Å². The third-order valence-corrected chi connectivity index (χ3v) is 3.13. The van der Waals surface area contributed by atoms with Crippen LogP contribution in [-0.2, 0) is 6.18 Å². The second kappa shape index (κ2) is 4.55. The zero-order chi connectivity index (χ0) is 15.2. The number of nitrogens with one attached hydrogen (secondary N) is 2. The van der Waals surface area contributed by atoms with Gasteiger partial charge in [-0.1, -0.05) is 12.1 Å². The number of aromatic amines is 2. The lowest BCUT2D eigenvalue weighted by Crippen LogP contribution is -2.18. The molecular weight excluding hydrogens is 305 g/mol. The van der Waals surface area contributed by atoms with Crippen LogP contribution in [0.3, 0.4) is 0 Å². The van der Waals surface area contributed by atoms with Gasteiger partial charge in [0.2, 0.25) is 4.77 Å². The van der Waals surface area contributed by atoms with Crippen molar-refractivity contribution in [3.05, 3.63) is 51.3 Å². The predicted octanol–water partition coefficient (Wildman–Crippen LogP) is 2.77. The first kappa shape index (κ1) is 13.6. The van der Waals surface area contributed by atoms with Gasteiger partial charge in [-0.05, 0) is 29.9 Å². The second-order valence-electron chi connectivity index (χ2n) is 4.27. The van der Waals surface area contributed by atoms with Crippen molar-refractivity contribution in [3.8, 4) is 11.1 Å². The SMILES string of the molecule is O=c1[nH]c(=S)nc2c(-c3ccc(C(F)(F)F)cc3)c[nH]n12. The average molecular weight is 312 g/mol. The summed E-state index contributed by atoms with van der Waals surface area (Å²) in [4.78, 5) is 18.0. The molecule has 0 aliphatic rings. The predicted molar refractivity (Wildman–Crippen MR) is 71.4 cm³/mol. The van der Waals surface area contributed by atoms with E-state index in [0.29, 0.717) is 11.1 Å². The van der Waals surface area contributed by atoms with Gasteiger partial charge < -0.3 is 0 Å². The molecule has 0 aliphatic heterocycles. The number of nitrogens with zero attached hydrogens (tertiary/aromatic N) is 2. The van der Waals surface area contributed by atoms with Gasteiger partial charge in [-0.15, -0.1) is 0 Å². The van der Waals surface area contributed by atoms with Crippen LogP contribution in [0.4, 0.5) is 13.2 Å². The van der Waals surface area contributed by atoms with E-state index in [9.17, 15) is 18.0 Å². The van der Waals surface area contributed by atoms with Gasteiger partial charge in [0.15, 0.2) is 5.65 Å². The molecule has 1 aromatic carbocycles. The monoisotopic (exact) mass is 312 g/mol. The molecule has 0 radical (unpaired) electrons. The summed E-state index contributed by atoms with van der Waals surface area (Å²) in [6.45, 7) is 0. The van der Waals surface area contributed by atoms with Crippen LogP contribution in [0.1, 0.15) is 5.56 Å². The largest absolute Gasteiger partial charge is 0.416 e. The number of aromatic nitrogens is 4. The summed E-state index contributed by atoms with van der Waals surface area (Å²) < 4.78 is 38.8. The molecule has 2 heterocycles. The summed E-state index contributed by atoms with van der Waals surface area (Å²) in [6.07, 6.45) is -2.91. The molecule has 0 saturated heterocycles. The van der Waals surface area contributed by atoms with Crippen molar-refractivity contribution in [2.45, 2.75) is 6.18 Å². The molecule has 3 rings (SSSR count). The van der Waals surface area contributed by atoms with Gasteiger partial charge in [-0.2, -0.15) is 22.7 Å². The Bertz CT molecular complexity index is 921. The van der Waals surface area contributed by atoms with E-state index in [2.05, 4.69) is 15.1 Å². The minimum absolute atomic E-state index is 0.00719. The molecule has 5 nitrogen and oxygen atoms in total. The van der Waals surface area contributed by atoms with Crippen molar-refractivity contribution in [2.24, 2.45) is 0 Å². The van der Waals surface area contributed by atoms with Crippen molar-refractivity contribution in [1.29, 1.82) is 0 Å². The number of halogens is 3. The van der Waals surface area contributed by atoms with Crippen molar-refractivity contribution in [1.82, 2.24) is 19.6 Å². The lowest BCUT2D eigenvalue weighted by molar-refractivity contribution is -0.137. The molecule has 9 heteroatoms. The molecule has 21 heavy (non-hydrogen) atoms. The molecular formula is C12H7F3N4OS. The van der Waals surface area contributed by atoms with Gasteiger partial charge in [0.1, 0.15) is 0 Å². The third kappa shape index (κ3) is 2.35. The lowest BCUT2D eigenvalue weighted by Gasteiger charge is -2.06. The van der Waals surface area contributed by atoms with Crippen LogP contribution < -0.4 is 5.69 Å². The van der Waals surface area contributed by atoms with E-state index in [0.717, 1.165) is 16.6 Å². The fourth-order valence-electron chi connectivity index (χ4n) is 1.96. The maximum Gasteiger partial charge on any atom is 0.416 e. The summed E-state index contributed by atoms with van der Waals surface area (Å²) in [6, 6.07) is 4.58. The molecule has 0 unspecified atom stereocenters. The zero-order valence-corrected chi connectivity index (χ0v) is 11.0. The molecule has 2 aromatic heterocycles. The molecule has 0 aliphatic carbocycles. The van der Waals surface area contributed by atoms with Crippen LogP contribution >= 0.6 is 12.2 Å². The van der Waals surface area contributed by atoms with Gasteiger partial charge in [0.05, 0.1) is 5.56 Å². The summed E-state index contributed by atoms with van der Waals surface area (Å²) in [5.74, 6) is 0. The molecule has 0 spiro atoms. The highest BCUT2D eigenvalue weighted by Gasteiger charge is 2.30. The smallest absolute Gasteiger partial charge is 0.295 e. The van der Waals surface area contributed by atoms with Crippen LogP contribution in [0.5, 0.6) is 0 Å². The lowest BCUT2D eigenvalue weighted by atomic mass is 10.1. The summed E-state index contributed by atoms with van der Waals surface area (Å²) >= 11 is 4.83. The van der Waals surface area contributed by atoms with E-state index in [4.69, 9.17) is 12.2 Å². The van der Waals surface area contributed by atoms with Crippen molar-refractivity contribution < 1.29 is 13.2 Å². The number of benzene rings is 1. The summed E-state index contributed by atoms with van der Waals surface area (Å²) in [5.41, 5.74) is -0.00430. The normalized spacial score (nSPS) is 12.0. The van der Waals surface area contributed by atoms with Gasteiger partial charge in [-0.25, -0.2) is 4.79 Å². The van der Waals surface area contributed by atoms with Crippen molar-refractivity contribution in [3.63, 3.8) is 0 Å². The first-order valence-corrected chi connectivity index (χ1v) is 6.15. The van der Waals surface area contributed by atoms with Crippen LogP contribution in [-0.4, -0.2) is 19.6 Å². The minimum Gasteiger partial charge on any atom is -0.295 e. The third-order valence-electron chi connectivity index (χ3n) is 2.94. The number of H-pyrrole nitrogens is 2. The Hall–Kier alpha value is -2.42. The first-order valence-electron chi connectivity index (χ1n) is 5.74. The van der Waals surface area contributed by atoms with E-state index in [1.807, 2.05) is 0 Å². The Morgan fingerprint density at radius 3 is 2.48 bits per heavy atom. The van der Waals surface area contributed by atoms with E-state index in [1.165, 1.54) is 18.3 Å². The molecule has 0 amide bonds. The highest BCUT2D eigenvalue weighted by molar-refractivity contribution is 7.71. The maximum absolute atomic E-state index is 12.5. The number of rotatable bonds is 1. The van der Waals surface area contributed by atoms with E-state index < -0.39 is 17.4 Å². The quantitative estimate of drug-likeness (QED) is 0.679. The molecule has 0 fully saturated rings. The van der Waals surface area contributed by atoms with E-state index >= 15 is 0 Å². The minimum atomic E-state index is -4.39. The summed E-state index contributed by atoms with van der Waals surface area (Å²) in [5, 5.41) is 2.67. The summed E-state index contributed by atoms with van der Waals surface area (Å²) in [7, 11) is 0. The molecule has 3 aromatic rings. The molecule has 0 atom stereocenters. The highest BCUT2D eigenvalue weighted by Crippen LogP contribution is 2.31. The number of hydrogen-bond donors (Lipinski definition) is 2. The Balaban J connectivity index is 2.17. The fourth-order valence-corrected chi connectivity index (χ4v) is 2.14. The average Bonchev–Trinajstić information content (AvgIpc) is 2.82. The first-order chi connectivity index (χ1) is 9.86. The van der Waals surface area contributed by atoms with Gasteiger partial charge >= 0.3 is 11.9 Å². The maximum atomic E-state index is 12.5. The van der Waals surface area contributed by atoms with E-state index in [1.54, 1.807) is 0 Å². The fraction of sp³-hybridized carbons (Fsp3) is 0.0833. The highest BCUT2D eigenvalue weighted by atomic mass is 32.1. The zero-order valence-electron chi connectivity index (χ0n) is 10.2. The van der Waals surface area contributed by atoms with Crippen molar-refractivity contribution in [2.75, 3.05) is 0 Å². The number of alkyl halides is 3. The van der Waals surface area contributed by atoms with Gasteiger partial charge in [0.25, 0.3) is 0 Å². The van der Waals surface area contributed by atoms with Gasteiger partial charge in [0, 0.05) is 11.8 Å². The Morgan fingerprint density at radius 2 is 1.86 bits per heavy atom. The Kier molecular flexibility index (Phi) is 2.94. The van der Waals surface area contributed by atoms with E-state index in [-0.39, 0.29) is 10.4 Å². The standard InChI is InChI=1S/C12H7F3N4OS/c13-12(14,15)7-3-1-6(2-4-7)8-5-16-19-9(8)17-10(21)18-11(19)20/h1-5,16H,(H,18,20,21). The Morgan fingerprint density at radius 1 is 1.19 bits per heavy atom.